The summed E-state index contributed by atoms with van der Waals surface area (Å²) in [7, 11) is -3.50. The monoisotopic (exact) mass is 376 g/mol. The molecule has 132 valence electrons. The molecule has 1 saturated heterocycles. The third-order valence-electron chi connectivity index (χ3n) is 4.13. The summed E-state index contributed by atoms with van der Waals surface area (Å²) in [5.41, 5.74) is 1.23. The van der Waals surface area contributed by atoms with Crippen LogP contribution in [-0.4, -0.2) is 50.2 Å². The molecule has 2 aromatic rings. The predicted octanol–water partition coefficient (Wildman–Crippen LogP) is 2.44. The Morgan fingerprint density at radius 1 is 0.920 bits per heavy atom. The lowest BCUT2D eigenvalue weighted by Crippen LogP contribution is -2.47. The van der Waals surface area contributed by atoms with Gasteiger partial charge in [-0.1, -0.05) is 30.3 Å². The van der Waals surface area contributed by atoms with Crippen LogP contribution >= 0.6 is 11.8 Å². The van der Waals surface area contributed by atoms with Gasteiger partial charge in [-0.3, -0.25) is 4.79 Å². The summed E-state index contributed by atoms with van der Waals surface area (Å²) < 4.78 is 26.8. The fourth-order valence-electron chi connectivity index (χ4n) is 2.65. The van der Waals surface area contributed by atoms with Gasteiger partial charge in [-0.25, -0.2) is 8.42 Å². The van der Waals surface area contributed by atoms with E-state index in [9.17, 15) is 13.2 Å². The molecule has 0 unspecified atom stereocenters. The van der Waals surface area contributed by atoms with E-state index in [1.807, 2.05) is 30.3 Å². The van der Waals surface area contributed by atoms with Gasteiger partial charge in [-0.15, -0.1) is 11.8 Å². The molecule has 25 heavy (non-hydrogen) atoms. The average Bonchev–Trinajstić information content (AvgIpc) is 2.67. The van der Waals surface area contributed by atoms with Crippen molar-refractivity contribution in [1.82, 2.24) is 9.21 Å². The van der Waals surface area contributed by atoms with E-state index >= 15 is 0 Å². The van der Waals surface area contributed by atoms with Crippen molar-refractivity contribution >= 4 is 28.2 Å². The van der Waals surface area contributed by atoms with Crippen LogP contribution < -0.4 is 0 Å². The topological polar surface area (TPSA) is 57.7 Å². The number of carbonyl (C=O) groups excluding carboxylic acids is 1. The van der Waals surface area contributed by atoms with Gasteiger partial charge in [0, 0.05) is 36.8 Å². The first kappa shape index (κ1) is 18.0. The number of sulfonamides is 1. The third kappa shape index (κ3) is 4.42. The van der Waals surface area contributed by atoms with Crippen molar-refractivity contribution in [2.24, 2.45) is 0 Å². The third-order valence-corrected chi connectivity index (χ3v) is 7.13. The summed E-state index contributed by atoms with van der Waals surface area (Å²) in [5, 5.41) is 0. The Kier molecular flexibility index (Phi) is 5.78. The summed E-state index contributed by atoms with van der Waals surface area (Å²) in [5.74, 6) is 0.848. The lowest BCUT2D eigenvalue weighted by Gasteiger charge is -2.31. The minimum Gasteiger partial charge on any atom is -0.343 e. The van der Waals surface area contributed by atoms with Crippen LogP contribution in [0.1, 0.15) is 5.56 Å². The predicted molar refractivity (Wildman–Crippen MR) is 98.8 cm³/mol. The molecule has 7 heteroatoms. The van der Waals surface area contributed by atoms with Gasteiger partial charge in [-0.2, -0.15) is 4.31 Å². The van der Waals surface area contributed by atoms with Gasteiger partial charge in [0.15, 0.2) is 0 Å². The summed E-state index contributed by atoms with van der Waals surface area (Å²) in [6.45, 7) is 1.55. The van der Waals surface area contributed by atoms with E-state index in [1.54, 1.807) is 28.8 Å². The molecule has 0 bridgehead atoms. The Morgan fingerprint density at radius 3 is 2.16 bits per heavy atom. The summed E-state index contributed by atoms with van der Waals surface area (Å²) in [4.78, 5) is 13.7. The fourth-order valence-corrected chi connectivity index (χ4v) is 4.92. The quantitative estimate of drug-likeness (QED) is 0.574. The Bertz CT molecular complexity index is 800. The van der Waals surface area contributed by atoms with Crippen molar-refractivity contribution in [2.45, 2.75) is 15.5 Å². The number of thioether (sulfide) groups is 1. The first-order valence-corrected chi connectivity index (χ1v) is 10.5. The van der Waals surface area contributed by atoms with E-state index in [0.717, 1.165) is 17.1 Å². The average molecular weight is 377 g/mol. The van der Waals surface area contributed by atoms with Gasteiger partial charge in [0.1, 0.15) is 0 Å². The number of hydrogen-bond donors (Lipinski definition) is 0. The van der Waals surface area contributed by atoms with Crippen LogP contribution in [0.2, 0.25) is 0 Å². The normalized spacial score (nSPS) is 15.9. The Morgan fingerprint density at radius 2 is 1.56 bits per heavy atom. The SMILES string of the molecule is O=CN1CCN(S(=O)(=O)c2ccc(SCc3ccccc3)cc2)CC1. The molecule has 1 amide bonds. The number of benzene rings is 2. The van der Waals surface area contributed by atoms with Crippen LogP contribution in [0.3, 0.4) is 0 Å². The molecule has 1 aliphatic heterocycles. The van der Waals surface area contributed by atoms with Gasteiger partial charge in [-0.05, 0) is 29.8 Å². The van der Waals surface area contributed by atoms with Crippen molar-refractivity contribution in [3.8, 4) is 0 Å². The molecule has 0 spiro atoms. The fraction of sp³-hybridized carbons (Fsp3) is 0.278. The zero-order valence-electron chi connectivity index (χ0n) is 13.7. The van der Waals surface area contributed by atoms with Crippen molar-refractivity contribution in [2.75, 3.05) is 26.2 Å². The van der Waals surface area contributed by atoms with Crippen LogP contribution in [0.25, 0.3) is 0 Å². The molecule has 0 atom stereocenters. The maximum absolute atomic E-state index is 12.7. The highest BCUT2D eigenvalue weighted by atomic mass is 32.2. The van der Waals surface area contributed by atoms with E-state index in [-0.39, 0.29) is 0 Å². The molecular formula is C18H20N2O3S2. The summed E-state index contributed by atoms with van der Waals surface area (Å²) >= 11 is 1.68. The smallest absolute Gasteiger partial charge is 0.243 e. The van der Waals surface area contributed by atoms with Crippen LogP contribution in [0, 0.1) is 0 Å². The summed E-state index contributed by atoms with van der Waals surface area (Å²) in [6, 6.07) is 17.2. The first-order valence-electron chi connectivity index (χ1n) is 8.06. The highest BCUT2D eigenvalue weighted by Crippen LogP contribution is 2.25. The van der Waals surface area contributed by atoms with Crippen molar-refractivity contribution in [3.05, 3.63) is 60.2 Å². The molecular weight excluding hydrogens is 356 g/mol. The second kappa shape index (κ2) is 8.03. The largest absolute Gasteiger partial charge is 0.343 e. The molecule has 0 N–H and O–H groups in total. The maximum atomic E-state index is 12.7. The van der Waals surface area contributed by atoms with E-state index in [1.165, 1.54) is 9.87 Å². The number of amides is 1. The highest BCUT2D eigenvalue weighted by molar-refractivity contribution is 7.98. The molecule has 3 rings (SSSR count). The lowest BCUT2D eigenvalue weighted by molar-refractivity contribution is -0.119. The molecule has 0 aromatic heterocycles. The minimum atomic E-state index is -3.50. The minimum absolute atomic E-state index is 0.302. The molecule has 1 heterocycles. The van der Waals surface area contributed by atoms with Gasteiger partial charge in [0.2, 0.25) is 16.4 Å². The van der Waals surface area contributed by atoms with Crippen molar-refractivity contribution in [3.63, 3.8) is 0 Å². The van der Waals surface area contributed by atoms with Crippen LogP contribution in [0.4, 0.5) is 0 Å². The van der Waals surface area contributed by atoms with E-state index < -0.39 is 10.0 Å². The number of piperazine rings is 1. The van der Waals surface area contributed by atoms with Gasteiger partial charge < -0.3 is 4.90 Å². The molecule has 5 nitrogen and oxygen atoms in total. The second-order valence-corrected chi connectivity index (χ2v) is 8.78. The number of hydrogen-bond acceptors (Lipinski definition) is 4. The number of nitrogens with zero attached hydrogens (tertiary/aromatic N) is 2. The molecule has 1 fully saturated rings. The van der Waals surface area contributed by atoms with Crippen LogP contribution in [0.5, 0.6) is 0 Å². The molecule has 0 saturated carbocycles. The number of carbonyl (C=O) groups is 1. The van der Waals surface area contributed by atoms with Crippen LogP contribution in [0.15, 0.2) is 64.4 Å². The zero-order valence-corrected chi connectivity index (χ0v) is 15.4. The lowest BCUT2D eigenvalue weighted by atomic mass is 10.2. The second-order valence-electron chi connectivity index (χ2n) is 5.79. The first-order chi connectivity index (χ1) is 12.1. The van der Waals surface area contributed by atoms with Crippen molar-refractivity contribution in [1.29, 1.82) is 0 Å². The Hall–Kier alpha value is -1.83. The molecule has 2 aromatic carbocycles. The molecule has 0 radical (unpaired) electrons. The Balaban J connectivity index is 1.64. The van der Waals surface area contributed by atoms with Gasteiger partial charge in [0.05, 0.1) is 4.90 Å². The molecule has 0 aliphatic carbocycles. The highest BCUT2D eigenvalue weighted by Gasteiger charge is 2.27. The Labute approximate surface area is 152 Å². The van der Waals surface area contributed by atoms with E-state index in [0.29, 0.717) is 31.1 Å². The van der Waals surface area contributed by atoms with Gasteiger partial charge in [0.25, 0.3) is 0 Å². The van der Waals surface area contributed by atoms with E-state index in [4.69, 9.17) is 0 Å². The van der Waals surface area contributed by atoms with Gasteiger partial charge >= 0.3 is 0 Å². The zero-order chi connectivity index (χ0) is 17.7. The molecule has 1 aliphatic rings. The standard InChI is InChI=1S/C18H20N2O3S2/c21-15-19-10-12-20(13-11-19)25(22,23)18-8-6-17(7-9-18)24-14-16-4-2-1-3-5-16/h1-9,15H,10-14H2. The maximum Gasteiger partial charge on any atom is 0.243 e. The van der Waals surface area contributed by atoms with Crippen LogP contribution in [-0.2, 0) is 20.6 Å². The number of rotatable bonds is 6. The summed E-state index contributed by atoms with van der Waals surface area (Å²) in [6.07, 6.45) is 0.767. The van der Waals surface area contributed by atoms with E-state index in [2.05, 4.69) is 12.1 Å². The van der Waals surface area contributed by atoms with Crippen molar-refractivity contribution < 1.29 is 13.2 Å².